The van der Waals surface area contributed by atoms with Crippen LogP contribution in [0.2, 0.25) is 0 Å². The van der Waals surface area contributed by atoms with Crippen molar-refractivity contribution in [1.29, 1.82) is 0 Å². The zero-order valence-electron chi connectivity index (χ0n) is 11.9. The first-order valence-corrected chi connectivity index (χ1v) is 6.98. The Kier molecular flexibility index (Phi) is 4.56. The molecule has 1 aliphatic heterocycles. The molecule has 3 nitrogen and oxygen atoms in total. The molecular formula is C15H19F3N2O. The molecule has 1 amide bonds. The van der Waals surface area contributed by atoms with Crippen molar-refractivity contribution in [2.45, 2.75) is 32.0 Å². The van der Waals surface area contributed by atoms with Gasteiger partial charge in [0.05, 0.1) is 12.0 Å². The Morgan fingerprint density at radius 3 is 2.48 bits per heavy atom. The van der Waals surface area contributed by atoms with Crippen molar-refractivity contribution < 1.29 is 18.0 Å². The maximum absolute atomic E-state index is 12.5. The topological polar surface area (TPSA) is 46.3 Å². The number of likely N-dealkylation sites (tertiary alicyclic amines) is 1. The van der Waals surface area contributed by atoms with Gasteiger partial charge in [0.1, 0.15) is 0 Å². The molecule has 0 aromatic heterocycles. The number of halogens is 3. The van der Waals surface area contributed by atoms with Crippen LogP contribution in [-0.4, -0.2) is 29.9 Å². The molecule has 0 bridgehead atoms. The highest BCUT2D eigenvalue weighted by atomic mass is 19.4. The summed E-state index contributed by atoms with van der Waals surface area (Å²) in [5.74, 6) is 0.293. The Morgan fingerprint density at radius 2 is 1.95 bits per heavy atom. The van der Waals surface area contributed by atoms with E-state index in [0.717, 1.165) is 18.6 Å². The summed E-state index contributed by atoms with van der Waals surface area (Å²) in [4.78, 5) is 14.0. The number of amides is 1. The minimum absolute atomic E-state index is 0.0342. The van der Waals surface area contributed by atoms with E-state index in [1.54, 1.807) is 4.90 Å². The van der Waals surface area contributed by atoms with Crippen LogP contribution in [0.15, 0.2) is 24.3 Å². The van der Waals surface area contributed by atoms with Gasteiger partial charge in [0.25, 0.3) is 0 Å². The van der Waals surface area contributed by atoms with Crippen LogP contribution in [0.4, 0.5) is 13.2 Å². The van der Waals surface area contributed by atoms with Gasteiger partial charge in [-0.3, -0.25) is 4.79 Å². The largest absolute Gasteiger partial charge is 0.416 e. The molecule has 1 fully saturated rings. The van der Waals surface area contributed by atoms with E-state index in [9.17, 15) is 18.0 Å². The van der Waals surface area contributed by atoms with Gasteiger partial charge in [-0.05, 0) is 30.0 Å². The normalized spacial score (nSPS) is 22.6. The van der Waals surface area contributed by atoms with Gasteiger partial charge in [0.2, 0.25) is 5.91 Å². The minimum Gasteiger partial charge on any atom is -0.338 e. The van der Waals surface area contributed by atoms with Gasteiger partial charge < -0.3 is 10.6 Å². The number of nitrogens with zero attached hydrogens (tertiary/aromatic N) is 1. The summed E-state index contributed by atoms with van der Waals surface area (Å²) in [6.07, 6.45) is -3.32. The lowest BCUT2D eigenvalue weighted by Gasteiger charge is -2.25. The molecule has 1 aromatic carbocycles. The van der Waals surface area contributed by atoms with Crippen LogP contribution in [0.1, 0.15) is 24.5 Å². The van der Waals surface area contributed by atoms with Gasteiger partial charge >= 0.3 is 6.18 Å². The Morgan fingerprint density at radius 1 is 1.33 bits per heavy atom. The molecule has 2 unspecified atom stereocenters. The third-order valence-corrected chi connectivity index (χ3v) is 4.08. The molecule has 1 aromatic rings. The average molecular weight is 300 g/mol. The molecule has 1 aliphatic rings. The molecule has 0 spiro atoms. The van der Waals surface area contributed by atoms with Crippen LogP contribution < -0.4 is 5.73 Å². The fraction of sp³-hybridized carbons (Fsp3) is 0.533. The molecule has 0 aliphatic carbocycles. The van der Waals surface area contributed by atoms with Crippen LogP contribution in [0, 0.1) is 5.92 Å². The van der Waals surface area contributed by atoms with Gasteiger partial charge in [-0.1, -0.05) is 19.1 Å². The Bertz CT molecular complexity index is 499. The molecule has 2 rings (SSSR count). The first kappa shape index (κ1) is 15.8. The molecule has 0 radical (unpaired) electrons. The second kappa shape index (κ2) is 6.05. The van der Waals surface area contributed by atoms with E-state index in [4.69, 9.17) is 5.73 Å². The van der Waals surface area contributed by atoms with E-state index in [1.165, 1.54) is 12.1 Å². The summed E-state index contributed by atoms with van der Waals surface area (Å²) >= 11 is 0. The van der Waals surface area contributed by atoms with Crippen LogP contribution in [0.25, 0.3) is 0 Å². The number of benzene rings is 1. The van der Waals surface area contributed by atoms with Crippen molar-refractivity contribution in [2.75, 3.05) is 13.1 Å². The number of hydrogen-bond donors (Lipinski definition) is 1. The minimum atomic E-state index is -4.35. The number of alkyl halides is 3. The van der Waals surface area contributed by atoms with Crippen molar-refractivity contribution in [3.05, 3.63) is 35.4 Å². The van der Waals surface area contributed by atoms with Gasteiger partial charge in [-0.15, -0.1) is 0 Å². The Labute approximate surface area is 121 Å². The van der Waals surface area contributed by atoms with Gasteiger partial charge in [-0.2, -0.15) is 13.2 Å². The number of hydrogen-bond acceptors (Lipinski definition) is 2. The lowest BCUT2D eigenvalue weighted by atomic mass is 10.0. The second-order valence-corrected chi connectivity index (χ2v) is 5.53. The molecule has 0 saturated carbocycles. The van der Waals surface area contributed by atoms with Gasteiger partial charge in [-0.25, -0.2) is 0 Å². The Hall–Kier alpha value is -1.56. The molecule has 1 heterocycles. The maximum Gasteiger partial charge on any atom is 0.416 e. The molecule has 21 heavy (non-hydrogen) atoms. The summed E-state index contributed by atoms with van der Waals surface area (Å²) < 4.78 is 37.4. The zero-order valence-corrected chi connectivity index (χ0v) is 11.9. The van der Waals surface area contributed by atoms with Crippen LogP contribution in [0.5, 0.6) is 0 Å². The highest BCUT2D eigenvalue weighted by Crippen LogP contribution is 2.29. The smallest absolute Gasteiger partial charge is 0.338 e. The van der Waals surface area contributed by atoms with E-state index >= 15 is 0 Å². The molecular weight excluding hydrogens is 281 g/mol. The maximum atomic E-state index is 12.5. The van der Waals surface area contributed by atoms with Crippen LogP contribution in [0.3, 0.4) is 0 Å². The number of nitrogens with two attached hydrogens (primary N) is 1. The lowest BCUT2D eigenvalue weighted by molar-refractivity contribution is -0.137. The number of carbonyl (C=O) groups is 1. The summed E-state index contributed by atoms with van der Waals surface area (Å²) in [7, 11) is 0. The monoisotopic (exact) mass is 300 g/mol. The number of carbonyl (C=O) groups excluding carboxylic acids is 1. The average Bonchev–Trinajstić information content (AvgIpc) is 2.79. The second-order valence-electron chi connectivity index (χ2n) is 5.53. The molecule has 2 N–H and O–H groups in total. The molecule has 6 heteroatoms. The van der Waals surface area contributed by atoms with Crippen molar-refractivity contribution in [2.24, 2.45) is 11.7 Å². The summed E-state index contributed by atoms with van der Waals surface area (Å²) in [6, 6.07) is 4.77. The predicted molar refractivity (Wildman–Crippen MR) is 73.5 cm³/mol. The van der Waals surface area contributed by atoms with Gasteiger partial charge in [0.15, 0.2) is 0 Å². The zero-order chi connectivity index (χ0) is 15.6. The fourth-order valence-corrected chi connectivity index (χ4v) is 2.77. The highest BCUT2D eigenvalue weighted by molar-refractivity contribution is 5.79. The van der Waals surface area contributed by atoms with E-state index in [1.807, 2.05) is 0 Å². The molecule has 2 atom stereocenters. The van der Waals surface area contributed by atoms with Crippen molar-refractivity contribution in [1.82, 2.24) is 4.90 Å². The number of rotatable bonds is 3. The SMILES string of the molecule is CC1CCN(C(=O)Cc2ccc(C(F)(F)F)cc2)C1CN. The van der Waals surface area contributed by atoms with Crippen molar-refractivity contribution in [3.8, 4) is 0 Å². The predicted octanol–water partition coefficient (Wildman–Crippen LogP) is 2.44. The summed E-state index contributed by atoms with van der Waals surface area (Å²) in [6.45, 7) is 3.14. The molecule has 1 saturated heterocycles. The standard InChI is InChI=1S/C15H19F3N2O/c1-10-6-7-20(13(10)9-19)14(21)8-11-2-4-12(5-3-11)15(16,17)18/h2-5,10,13H,6-9,19H2,1H3. The van der Waals surface area contributed by atoms with E-state index in [-0.39, 0.29) is 18.4 Å². The van der Waals surface area contributed by atoms with E-state index < -0.39 is 11.7 Å². The molecule has 116 valence electrons. The first-order valence-electron chi connectivity index (χ1n) is 6.98. The van der Waals surface area contributed by atoms with Crippen molar-refractivity contribution >= 4 is 5.91 Å². The quantitative estimate of drug-likeness (QED) is 0.932. The third kappa shape index (κ3) is 3.56. The lowest BCUT2D eigenvalue weighted by Crippen LogP contribution is -2.42. The fourth-order valence-electron chi connectivity index (χ4n) is 2.77. The van der Waals surface area contributed by atoms with Crippen LogP contribution in [-0.2, 0) is 17.4 Å². The van der Waals surface area contributed by atoms with Crippen molar-refractivity contribution in [3.63, 3.8) is 0 Å². The first-order chi connectivity index (χ1) is 9.82. The van der Waals surface area contributed by atoms with E-state index in [0.29, 0.717) is 24.6 Å². The Balaban J connectivity index is 2.03. The van der Waals surface area contributed by atoms with Gasteiger partial charge in [0, 0.05) is 19.1 Å². The highest BCUT2D eigenvalue weighted by Gasteiger charge is 2.33. The third-order valence-electron chi connectivity index (χ3n) is 4.08. The van der Waals surface area contributed by atoms with Crippen LogP contribution >= 0.6 is 0 Å². The van der Waals surface area contributed by atoms with E-state index in [2.05, 4.69) is 6.92 Å². The summed E-state index contributed by atoms with van der Waals surface area (Å²) in [5.41, 5.74) is 5.58. The summed E-state index contributed by atoms with van der Waals surface area (Å²) in [5, 5.41) is 0.